The molecule has 4 nitrogen and oxygen atoms in total. The van der Waals surface area contributed by atoms with Crippen LogP contribution in [-0.2, 0) is 18.1 Å². The molecule has 0 fully saturated rings. The fraction of sp³-hybridized carbons (Fsp3) is 0.500. The smallest absolute Gasteiger partial charge is 0.451 e. The van der Waals surface area contributed by atoms with Crippen LogP contribution in [0.15, 0.2) is 24.5 Å². The van der Waals surface area contributed by atoms with Gasteiger partial charge in [0.2, 0.25) is 5.82 Å². The van der Waals surface area contributed by atoms with E-state index in [1.54, 1.807) is 6.07 Å². The molecule has 0 aliphatic heterocycles. The van der Waals surface area contributed by atoms with Crippen LogP contribution in [0.3, 0.4) is 0 Å². The van der Waals surface area contributed by atoms with Gasteiger partial charge >= 0.3 is 6.18 Å². The second kappa shape index (κ2) is 7.11. The number of phenols is 1. The van der Waals surface area contributed by atoms with E-state index in [0.29, 0.717) is 23.2 Å². The fourth-order valence-corrected chi connectivity index (χ4v) is 2.46. The van der Waals surface area contributed by atoms with Gasteiger partial charge in [0.1, 0.15) is 5.75 Å². The first-order chi connectivity index (χ1) is 12.2. The van der Waals surface area contributed by atoms with E-state index in [9.17, 15) is 18.3 Å². The lowest BCUT2D eigenvalue weighted by atomic mass is 9.84. The maximum atomic E-state index is 12.7. The zero-order chi connectivity index (χ0) is 20.6. The molecule has 2 aromatic rings. The van der Waals surface area contributed by atoms with Crippen molar-refractivity contribution in [3.63, 3.8) is 0 Å². The Morgan fingerprint density at radius 3 is 1.96 bits per heavy atom. The zero-order valence-electron chi connectivity index (χ0n) is 16.5. The molecule has 148 valence electrons. The first kappa shape index (κ1) is 21.2. The molecule has 1 heterocycles. The van der Waals surface area contributed by atoms with Crippen molar-refractivity contribution < 1.29 is 18.3 Å². The summed E-state index contributed by atoms with van der Waals surface area (Å²) in [4.78, 5) is 6.82. The summed E-state index contributed by atoms with van der Waals surface area (Å²) >= 11 is 0. The number of benzene rings is 1. The number of nitrogens with zero attached hydrogens (tertiary/aromatic N) is 2. The highest BCUT2D eigenvalue weighted by Gasteiger charge is 2.34. The summed E-state index contributed by atoms with van der Waals surface area (Å²) in [5.74, 6) is -1.18. The summed E-state index contributed by atoms with van der Waals surface area (Å²) in [5, 5.41) is 14.1. The highest BCUT2D eigenvalue weighted by Crippen LogP contribution is 2.37. The molecule has 0 amide bonds. The fourth-order valence-electron chi connectivity index (χ4n) is 2.46. The van der Waals surface area contributed by atoms with Gasteiger partial charge in [0.25, 0.3) is 0 Å². The molecule has 0 spiro atoms. The quantitative estimate of drug-likeness (QED) is 0.781. The number of hydrogen-bond donors (Lipinski definition) is 2. The normalized spacial score (nSPS) is 13.1. The third-order valence-electron chi connectivity index (χ3n) is 4.08. The Morgan fingerprint density at radius 2 is 1.52 bits per heavy atom. The number of aromatic nitrogens is 2. The van der Waals surface area contributed by atoms with E-state index in [1.807, 2.05) is 47.6 Å². The summed E-state index contributed by atoms with van der Waals surface area (Å²) < 4.78 is 38.1. The van der Waals surface area contributed by atoms with Gasteiger partial charge in [-0.1, -0.05) is 26.8 Å². The highest BCUT2D eigenvalue weighted by molar-refractivity contribution is 5.72. The van der Waals surface area contributed by atoms with Crippen molar-refractivity contribution in [3.8, 4) is 16.9 Å². The van der Waals surface area contributed by atoms with E-state index in [2.05, 4.69) is 15.3 Å². The van der Waals surface area contributed by atoms with Crippen LogP contribution in [-0.4, -0.2) is 20.6 Å². The molecule has 7 heteroatoms. The van der Waals surface area contributed by atoms with Crippen molar-refractivity contribution in [1.82, 2.24) is 15.3 Å². The maximum absolute atomic E-state index is 12.7. The van der Waals surface area contributed by atoms with Crippen molar-refractivity contribution in [3.05, 3.63) is 41.5 Å². The summed E-state index contributed by atoms with van der Waals surface area (Å²) in [6, 6.07) is 3.70. The van der Waals surface area contributed by atoms with Gasteiger partial charge in [-0.05, 0) is 37.8 Å². The molecule has 0 radical (unpaired) electrons. The minimum Gasteiger partial charge on any atom is -0.507 e. The molecule has 1 aromatic heterocycles. The van der Waals surface area contributed by atoms with E-state index in [0.717, 1.165) is 18.0 Å². The van der Waals surface area contributed by atoms with E-state index in [4.69, 9.17) is 0 Å². The number of nitrogens with one attached hydrogen (secondary N) is 1. The van der Waals surface area contributed by atoms with Crippen LogP contribution in [0.1, 0.15) is 58.5 Å². The van der Waals surface area contributed by atoms with Gasteiger partial charge in [0.05, 0.1) is 0 Å². The number of rotatable bonds is 3. The Bertz CT molecular complexity index is 801. The standard InChI is InChI=1S/C20H26F3N3O/c1-18(2,3)14-7-12(11-26-19(4,5)6)16(27)15(8-14)13-9-24-17(25-10-13)20(21,22)23/h7-10,26-27H,11H2,1-6H3. The van der Waals surface area contributed by atoms with E-state index >= 15 is 0 Å². The summed E-state index contributed by atoms with van der Waals surface area (Å²) in [6.07, 6.45) is -2.41. The van der Waals surface area contributed by atoms with Gasteiger partial charge in [-0.2, -0.15) is 13.2 Å². The third kappa shape index (κ3) is 5.42. The Balaban J connectivity index is 2.54. The predicted molar refractivity (Wildman–Crippen MR) is 99.4 cm³/mol. The van der Waals surface area contributed by atoms with E-state index in [1.165, 1.54) is 0 Å². The maximum Gasteiger partial charge on any atom is 0.451 e. The molecule has 1 aromatic carbocycles. The number of aromatic hydroxyl groups is 1. The van der Waals surface area contributed by atoms with Crippen LogP contribution in [0, 0.1) is 0 Å². The van der Waals surface area contributed by atoms with Crippen molar-refractivity contribution in [2.75, 3.05) is 0 Å². The zero-order valence-corrected chi connectivity index (χ0v) is 16.5. The largest absolute Gasteiger partial charge is 0.507 e. The van der Waals surface area contributed by atoms with Crippen LogP contribution < -0.4 is 5.32 Å². The molecule has 2 N–H and O–H groups in total. The van der Waals surface area contributed by atoms with Gasteiger partial charge in [-0.3, -0.25) is 0 Å². The molecular weight excluding hydrogens is 355 g/mol. The highest BCUT2D eigenvalue weighted by atomic mass is 19.4. The van der Waals surface area contributed by atoms with Crippen molar-refractivity contribution in [2.45, 2.75) is 65.2 Å². The lowest BCUT2D eigenvalue weighted by Crippen LogP contribution is -2.35. The summed E-state index contributed by atoms with van der Waals surface area (Å²) in [5.41, 5.74) is 2.03. The lowest BCUT2D eigenvalue weighted by molar-refractivity contribution is -0.144. The van der Waals surface area contributed by atoms with Crippen LogP contribution in [0.4, 0.5) is 13.2 Å². The third-order valence-corrected chi connectivity index (χ3v) is 4.08. The number of hydrogen-bond acceptors (Lipinski definition) is 4. The van der Waals surface area contributed by atoms with Gasteiger partial charge in [0.15, 0.2) is 0 Å². The van der Waals surface area contributed by atoms with Crippen LogP contribution in [0.5, 0.6) is 5.75 Å². The molecule has 2 rings (SSSR count). The average molecular weight is 381 g/mol. The molecule has 0 saturated carbocycles. The van der Waals surface area contributed by atoms with Gasteiger partial charge < -0.3 is 10.4 Å². The molecule has 0 saturated heterocycles. The second-order valence-electron chi connectivity index (χ2n) is 8.68. The van der Waals surface area contributed by atoms with E-state index in [-0.39, 0.29) is 16.7 Å². The first-order valence-electron chi connectivity index (χ1n) is 8.69. The van der Waals surface area contributed by atoms with E-state index < -0.39 is 12.0 Å². The van der Waals surface area contributed by atoms with Crippen molar-refractivity contribution in [1.29, 1.82) is 0 Å². The predicted octanol–water partition coefficient (Wildman–Crippen LogP) is 5.05. The minimum atomic E-state index is -4.60. The summed E-state index contributed by atoms with van der Waals surface area (Å²) in [7, 11) is 0. The first-order valence-corrected chi connectivity index (χ1v) is 8.69. The number of phenolic OH excluding ortho intramolecular Hbond substituents is 1. The molecule has 0 atom stereocenters. The molecule has 0 unspecified atom stereocenters. The molecule has 0 aliphatic rings. The van der Waals surface area contributed by atoms with Crippen LogP contribution >= 0.6 is 0 Å². The van der Waals surface area contributed by atoms with Gasteiger partial charge in [-0.25, -0.2) is 9.97 Å². The Labute approximate surface area is 157 Å². The Morgan fingerprint density at radius 1 is 0.963 bits per heavy atom. The lowest BCUT2D eigenvalue weighted by Gasteiger charge is -2.25. The number of halogens is 3. The van der Waals surface area contributed by atoms with Crippen molar-refractivity contribution in [2.24, 2.45) is 0 Å². The summed E-state index contributed by atoms with van der Waals surface area (Å²) in [6.45, 7) is 12.6. The van der Waals surface area contributed by atoms with Crippen molar-refractivity contribution >= 4 is 0 Å². The molecular formula is C20H26F3N3O. The Kier molecular flexibility index (Phi) is 5.57. The minimum absolute atomic E-state index is 0.0168. The monoisotopic (exact) mass is 381 g/mol. The molecule has 27 heavy (non-hydrogen) atoms. The second-order valence-corrected chi connectivity index (χ2v) is 8.68. The SMILES string of the molecule is CC(C)(C)NCc1cc(C(C)(C)C)cc(-c2cnc(C(F)(F)F)nc2)c1O. The van der Waals surface area contributed by atoms with Gasteiger partial charge in [-0.15, -0.1) is 0 Å². The molecule has 0 aliphatic carbocycles. The van der Waals surface area contributed by atoms with Gasteiger partial charge in [0, 0.05) is 41.2 Å². The van der Waals surface area contributed by atoms with Crippen LogP contribution in [0.25, 0.3) is 11.1 Å². The number of alkyl halides is 3. The topological polar surface area (TPSA) is 58.0 Å². The molecule has 0 bridgehead atoms. The Hall–Kier alpha value is -2.15. The average Bonchev–Trinajstić information content (AvgIpc) is 2.51. The van der Waals surface area contributed by atoms with Crippen LogP contribution in [0.2, 0.25) is 0 Å².